The molecule has 0 saturated carbocycles. The number of thioether (sulfide) groups is 1. The van der Waals surface area contributed by atoms with Crippen LogP contribution in [0, 0.1) is 0 Å². The molecule has 0 spiro atoms. The van der Waals surface area contributed by atoms with Gasteiger partial charge in [-0.3, -0.25) is 4.79 Å². The van der Waals surface area contributed by atoms with Crippen LogP contribution < -0.4 is 5.73 Å². The number of hydrogen-bond acceptors (Lipinski definition) is 5. The number of ether oxygens (including phenoxy) is 1. The minimum absolute atomic E-state index is 0.226. The molecule has 0 radical (unpaired) electrons. The summed E-state index contributed by atoms with van der Waals surface area (Å²) in [5, 5.41) is 9.87. The number of aliphatic hydroxyl groups is 1. The van der Waals surface area contributed by atoms with Crippen LogP contribution in [0.3, 0.4) is 0 Å². The second-order valence-electron chi connectivity index (χ2n) is 3.59. The summed E-state index contributed by atoms with van der Waals surface area (Å²) in [6, 6.07) is 7.18. The van der Waals surface area contributed by atoms with Crippen molar-refractivity contribution < 1.29 is 14.6 Å². The van der Waals surface area contributed by atoms with E-state index in [4.69, 9.17) is 5.73 Å². The van der Waals surface area contributed by atoms with Crippen molar-refractivity contribution in [3.05, 3.63) is 29.8 Å². The van der Waals surface area contributed by atoms with E-state index < -0.39 is 6.10 Å². The maximum atomic E-state index is 10.9. The standard InChI is InChI=1S/C12H17NO3S/c1-16-12(15)5-6-17-8-11(14)9-3-2-4-10(13)7-9/h2-4,7,11,14H,5-6,8,13H2,1H3. The predicted molar refractivity (Wildman–Crippen MR) is 69.8 cm³/mol. The zero-order chi connectivity index (χ0) is 12.7. The van der Waals surface area contributed by atoms with Crippen LogP contribution in [0.25, 0.3) is 0 Å². The molecule has 1 rings (SSSR count). The molecule has 0 saturated heterocycles. The van der Waals surface area contributed by atoms with Crippen LogP contribution in [0.1, 0.15) is 18.1 Å². The van der Waals surface area contributed by atoms with E-state index in [1.165, 1.54) is 18.9 Å². The van der Waals surface area contributed by atoms with E-state index in [0.717, 1.165) is 5.56 Å². The molecule has 0 aromatic heterocycles. The van der Waals surface area contributed by atoms with Crippen LogP contribution in [-0.4, -0.2) is 29.7 Å². The zero-order valence-corrected chi connectivity index (χ0v) is 10.6. The Labute approximate surface area is 105 Å². The second-order valence-corrected chi connectivity index (χ2v) is 4.74. The van der Waals surface area contributed by atoms with Crippen LogP contribution in [-0.2, 0) is 9.53 Å². The van der Waals surface area contributed by atoms with Crippen LogP contribution in [0.2, 0.25) is 0 Å². The Morgan fingerprint density at radius 3 is 3.00 bits per heavy atom. The van der Waals surface area contributed by atoms with Gasteiger partial charge in [0.15, 0.2) is 0 Å². The van der Waals surface area contributed by atoms with Crippen molar-refractivity contribution in [1.29, 1.82) is 0 Å². The van der Waals surface area contributed by atoms with E-state index in [1.54, 1.807) is 12.1 Å². The number of anilines is 1. The Bertz CT molecular complexity index is 371. The van der Waals surface area contributed by atoms with Gasteiger partial charge in [-0.2, -0.15) is 11.8 Å². The number of esters is 1. The molecule has 1 aromatic carbocycles. The number of benzene rings is 1. The molecule has 1 atom stereocenters. The molecular formula is C12H17NO3S. The Kier molecular flexibility index (Phi) is 5.86. The number of nitrogens with two attached hydrogens (primary N) is 1. The van der Waals surface area contributed by atoms with Gasteiger partial charge in [-0.05, 0) is 17.7 Å². The van der Waals surface area contributed by atoms with Crippen LogP contribution in [0.4, 0.5) is 5.69 Å². The summed E-state index contributed by atoms with van der Waals surface area (Å²) in [6.45, 7) is 0. The monoisotopic (exact) mass is 255 g/mol. The van der Waals surface area contributed by atoms with Crippen molar-refractivity contribution in [3.8, 4) is 0 Å². The largest absolute Gasteiger partial charge is 0.469 e. The van der Waals surface area contributed by atoms with E-state index in [9.17, 15) is 9.90 Å². The van der Waals surface area contributed by atoms with E-state index >= 15 is 0 Å². The lowest BCUT2D eigenvalue weighted by Gasteiger charge is -2.10. The fraction of sp³-hybridized carbons (Fsp3) is 0.417. The summed E-state index contributed by atoms with van der Waals surface area (Å²) in [5.74, 6) is 0.961. The predicted octanol–water partition coefficient (Wildman–Crippen LogP) is 1.60. The average Bonchev–Trinajstić information content (AvgIpc) is 2.34. The van der Waals surface area contributed by atoms with E-state index in [1.807, 2.05) is 12.1 Å². The van der Waals surface area contributed by atoms with Crippen molar-refractivity contribution in [3.63, 3.8) is 0 Å². The van der Waals surface area contributed by atoms with Gasteiger partial charge >= 0.3 is 5.97 Å². The Balaban J connectivity index is 2.30. The summed E-state index contributed by atoms with van der Waals surface area (Å²) in [6.07, 6.45) is -0.189. The molecule has 0 heterocycles. The summed E-state index contributed by atoms with van der Waals surface area (Å²) < 4.78 is 4.53. The molecule has 0 aliphatic carbocycles. The van der Waals surface area contributed by atoms with Crippen LogP contribution in [0.5, 0.6) is 0 Å². The lowest BCUT2D eigenvalue weighted by atomic mass is 10.1. The van der Waals surface area contributed by atoms with Crippen molar-refractivity contribution in [2.24, 2.45) is 0 Å². The Morgan fingerprint density at radius 2 is 2.35 bits per heavy atom. The molecule has 1 unspecified atom stereocenters. The normalized spacial score (nSPS) is 12.1. The fourth-order valence-electron chi connectivity index (χ4n) is 1.32. The molecule has 0 aliphatic heterocycles. The number of rotatable bonds is 6. The summed E-state index contributed by atoms with van der Waals surface area (Å²) in [5.41, 5.74) is 7.07. The maximum Gasteiger partial charge on any atom is 0.306 e. The second kappa shape index (κ2) is 7.19. The molecule has 4 nitrogen and oxygen atoms in total. The van der Waals surface area contributed by atoms with Gasteiger partial charge in [0.1, 0.15) is 0 Å². The van der Waals surface area contributed by atoms with Gasteiger partial charge in [-0.25, -0.2) is 0 Å². The van der Waals surface area contributed by atoms with E-state index in [-0.39, 0.29) is 5.97 Å². The van der Waals surface area contributed by atoms with Gasteiger partial charge in [0.05, 0.1) is 19.6 Å². The summed E-state index contributed by atoms with van der Waals surface area (Å²) >= 11 is 1.51. The molecule has 0 aliphatic rings. The third-order valence-corrected chi connectivity index (χ3v) is 3.29. The van der Waals surface area contributed by atoms with Crippen molar-refractivity contribution in [2.45, 2.75) is 12.5 Å². The average molecular weight is 255 g/mol. The van der Waals surface area contributed by atoms with Crippen molar-refractivity contribution in [2.75, 3.05) is 24.3 Å². The maximum absolute atomic E-state index is 10.9. The third-order valence-electron chi connectivity index (χ3n) is 2.25. The fourth-order valence-corrected chi connectivity index (χ4v) is 2.21. The highest BCUT2D eigenvalue weighted by atomic mass is 32.2. The van der Waals surface area contributed by atoms with Crippen molar-refractivity contribution >= 4 is 23.4 Å². The summed E-state index contributed by atoms with van der Waals surface area (Å²) in [4.78, 5) is 10.9. The topological polar surface area (TPSA) is 72.5 Å². The van der Waals surface area contributed by atoms with Gasteiger partial charge in [0.25, 0.3) is 0 Å². The summed E-state index contributed by atoms with van der Waals surface area (Å²) in [7, 11) is 1.37. The highest BCUT2D eigenvalue weighted by molar-refractivity contribution is 7.99. The highest BCUT2D eigenvalue weighted by Crippen LogP contribution is 2.20. The van der Waals surface area contributed by atoms with E-state index in [0.29, 0.717) is 23.6 Å². The molecular weight excluding hydrogens is 238 g/mol. The number of aliphatic hydroxyl groups excluding tert-OH is 1. The van der Waals surface area contributed by atoms with Gasteiger partial charge in [0.2, 0.25) is 0 Å². The number of nitrogen functional groups attached to an aromatic ring is 1. The molecule has 3 N–H and O–H groups in total. The first-order valence-corrected chi connectivity index (χ1v) is 6.47. The molecule has 0 fully saturated rings. The lowest BCUT2D eigenvalue weighted by Crippen LogP contribution is -2.05. The quantitative estimate of drug-likeness (QED) is 0.459. The Hall–Kier alpha value is -1.20. The first-order chi connectivity index (χ1) is 8.13. The van der Waals surface area contributed by atoms with Gasteiger partial charge in [0, 0.05) is 17.2 Å². The third kappa shape index (κ3) is 5.10. The van der Waals surface area contributed by atoms with Gasteiger partial charge in [-0.1, -0.05) is 12.1 Å². The number of carbonyl (C=O) groups is 1. The Morgan fingerprint density at radius 1 is 1.59 bits per heavy atom. The SMILES string of the molecule is COC(=O)CCSCC(O)c1cccc(N)c1. The van der Waals surface area contributed by atoms with Gasteiger partial charge < -0.3 is 15.6 Å². The smallest absolute Gasteiger partial charge is 0.306 e. The first kappa shape index (κ1) is 13.9. The molecule has 0 amide bonds. The first-order valence-electron chi connectivity index (χ1n) is 5.31. The number of hydrogen-bond donors (Lipinski definition) is 2. The molecule has 1 aromatic rings. The number of carbonyl (C=O) groups excluding carboxylic acids is 1. The van der Waals surface area contributed by atoms with Crippen molar-refractivity contribution in [1.82, 2.24) is 0 Å². The minimum Gasteiger partial charge on any atom is -0.469 e. The lowest BCUT2D eigenvalue weighted by molar-refractivity contribution is -0.140. The van der Waals surface area contributed by atoms with Crippen LogP contribution in [0.15, 0.2) is 24.3 Å². The highest BCUT2D eigenvalue weighted by Gasteiger charge is 2.08. The number of methoxy groups -OCH3 is 1. The molecule has 17 heavy (non-hydrogen) atoms. The zero-order valence-electron chi connectivity index (χ0n) is 9.76. The van der Waals surface area contributed by atoms with Crippen LogP contribution >= 0.6 is 11.8 Å². The van der Waals surface area contributed by atoms with E-state index in [2.05, 4.69) is 4.74 Å². The molecule has 5 heteroatoms. The molecule has 94 valence electrons. The molecule has 0 bridgehead atoms. The minimum atomic E-state index is -0.554. The van der Waals surface area contributed by atoms with Gasteiger partial charge in [-0.15, -0.1) is 0 Å².